The van der Waals surface area contributed by atoms with Crippen LogP contribution in [0.2, 0.25) is 0 Å². The van der Waals surface area contributed by atoms with E-state index < -0.39 is 0 Å². The Morgan fingerprint density at radius 3 is 1.69 bits per heavy atom. The minimum absolute atomic E-state index is 0.719. The first kappa shape index (κ1) is 28.8. The monoisotopic (exact) mass is 662 g/mol. The van der Waals surface area contributed by atoms with Gasteiger partial charge in [0, 0.05) is 49.1 Å². The summed E-state index contributed by atoms with van der Waals surface area (Å²) in [4.78, 5) is 10.4. The van der Waals surface area contributed by atoms with Crippen LogP contribution in [0.15, 0.2) is 182 Å². The summed E-state index contributed by atoms with van der Waals surface area (Å²) < 4.78 is 4.84. The minimum Gasteiger partial charge on any atom is -0.309 e. The standard InChI is InChI=1S/C48H30N4/c1-3-15-31(16-4-1)47-38-21-7-10-25-41(38)49-48(50-47)37-24-13-23-34-33(37)22-14-28-44(34)52-43-27-12-9-20-36(43)40-29-39-35-19-8-11-26-42(35)51(45(39)30-46(40)52)32-17-5-2-6-18-32/h1-30H. The van der Waals surface area contributed by atoms with E-state index in [0.717, 1.165) is 55.7 Å². The Bertz CT molecular complexity index is 3170. The molecule has 0 bridgehead atoms. The van der Waals surface area contributed by atoms with E-state index >= 15 is 0 Å². The molecule has 11 rings (SSSR count). The van der Waals surface area contributed by atoms with Crippen LogP contribution in [0.25, 0.3) is 99.3 Å². The van der Waals surface area contributed by atoms with Crippen LogP contribution in [0.5, 0.6) is 0 Å². The molecule has 3 aromatic heterocycles. The second kappa shape index (κ2) is 11.2. The molecular weight excluding hydrogens is 633 g/mol. The maximum atomic E-state index is 5.26. The average molecular weight is 663 g/mol. The molecule has 0 radical (unpaired) electrons. The summed E-state index contributed by atoms with van der Waals surface area (Å²) in [6.07, 6.45) is 0. The van der Waals surface area contributed by atoms with Gasteiger partial charge in [0.1, 0.15) is 0 Å². The number of para-hydroxylation sites is 4. The molecule has 0 unspecified atom stereocenters. The van der Waals surface area contributed by atoms with Gasteiger partial charge >= 0.3 is 0 Å². The zero-order valence-corrected chi connectivity index (χ0v) is 28.1. The maximum absolute atomic E-state index is 5.26. The van der Waals surface area contributed by atoms with Crippen LogP contribution in [-0.4, -0.2) is 19.1 Å². The topological polar surface area (TPSA) is 35.6 Å². The van der Waals surface area contributed by atoms with Crippen LogP contribution in [0.3, 0.4) is 0 Å². The molecule has 0 N–H and O–H groups in total. The van der Waals surface area contributed by atoms with Crippen LogP contribution >= 0.6 is 0 Å². The van der Waals surface area contributed by atoms with E-state index in [9.17, 15) is 0 Å². The third kappa shape index (κ3) is 4.21. The molecule has 0 spiro atoms. The molecule has 11 aromatic rings. The summed E-state index contributed by atoms with van der Waals surface area (Å²) in [6, 6.07) is 64.8. The van der Waals surface area contributed by atoms with Gasteiger partial charge in [-0.1, -0.05) is 133 Å². The summed E-state index contributed by atoms with van der Waals surface area (Å²) >= 11 is 0. The molecule has 0 saturated heterocycles. The van der Waals surface area contributed by atoms with Crippen LogP contribution in [-0.2, 0) is 0 Å². The lowest BCUT2D eigenvalue weighted by Crippen LogP contribution is -1.98. The highest BCUT2D eigenvalue weighted by molar-refractivity contribution is 6.19. The van der Waals surface area contributed by atoms with Gasteiger partial charge in [-0.05, 0) is 53.9 Å². The summed E-state index contributed by atoms with van der Waals surface area (Å²) in [6.45, 7) is 0. The van der Waals surface area contributed by atoms with E-state index in [1.54, 1.807) is 0 Å². The molecule has 52 heavy (non-hydrogen) atoms. The van der Waals surface area contributed by atoms with E-state index in [1.807, 2.05) is 12.1 Å². The van der Waals surface area contributed by atoms with Gasteiger partial charge in [-0.25, -0.2) is 9.97 Å². The highest BCUT2D eigenvalue weighted by atomic mass is 15.0. The molecule has 242 valence electrons. The Balaban J connectivity index is 1.20. The van der Waals surface area contributed by atoms with Crippen molar-refractivity contribution in [3.8, 4) is 34.0 Å². The van der Waals surface area contributed by atoms with Crippen molar-refractivity contribution >= 4 is 65.3 Å². The van der Waals surface area contributed by atoms with Gasteiger partial charge < -0.3 is 9.13 Å². The number of fused-ring (bicyclic) bond motifs is 8. The third-order valence-electron chi connectivity index (χ3n) is 10.5. The molecule has 3 heterocycles. The van der Waals surface area contributed by atoms with Gasteiger partial charge in [0.15, 0.2) is 5.82 Å². The van der Waals surface area contributed by atoms with Crippen molar-refractivity contribution in [3.05, 3.63) is 182 Å². The molecule has 0 aliphatic carbocycles. The number of rotatable bonds is 4. The summed E-state index contributed by atoms with van der Waals surface area (Å²) in [7, 11) is 0. The molecule has 0 fully saturated rings. The lowest BCUT2D eigenvalue weighted by atomic mass is 10.0. The summed E-state index contributed by atoms with van der Waals surface area (Å²) in [5, 5.41) is 8.26. The van der Waals surface area contributed by atoms with Gasteiger partial charge in [0.2, 0.25) is 0 Å². The van der Waals surface area contributed by atoms with Crippen LogP contribution in [0, 0.1) is 0 Å². The maximum Gasteiger partial charge on any atom is 0.161 e. The summed E-state index contributed by atoms with van der Waals surface area (Å²) in [5.74, 6) is 0.719. The van der Waals surface area contributed by atoms with Crippen molar-refractivity contribution in [1.29, 1.82) is 0 Å². The van der Waals surface area contributed by atoms with E-state index in [4.69, 9.17) is 9.97 Å². The fourth-order valence-electron chi connectivity index (χ4n) is 8.24. The molecule has 0 amide bonds. The number of hydrogen-bond acceptors (Lipinski definition) is 2. The fraction of sp³-hybridized carbons (Fsp3) is 0. The van der Waals surface area contributed by atoms with Crippen molar-refractivity contribution in [2.75, 3.05) is 0 Å². The molecule has 0 aliphatic rings. The highest BCUT2D eigenvalue weighted by Crippen LogP contribution is 2.41. The second-order valence-corrected chi connectivity index (χ2v) is 13.4. The Labute approximate surface area is 299 Å². The van der Waals surface area contributed by atoms with Gasteiger partial charge in [-0.2, -0.15) is 0 Å². The number of hydrogen-bond donors (Lipinski definition) is 0. The first-order valence-electron chi connectivity index (χ1n) is 17.7. The number of aromatic nitrogens is 4. The predicted molar refractivity (Wildman–Crippen MR) is 217 cm³/mol. The SMILES string of the molecule is c1ccc(-c2nc(-c3cccc4c(-n5c6ccccc6c6cc7c8ccccc8n(-c8ccccc8)c7cc65)cccc34)nc3ccccc23)cc1. The van der Waals surface area contributed by atoms with Crippen molar-refractivity contribution < 1.29 is 0 Å². The van der Waals surface area contributed by atoms with Crippen molar-refractivity contribution in [1.82, 2.24) is 19.1 Å². The number of benzene rings is 8. The Hall–Kier alpha value is -7.04. The largest absolute Gasteiger partial charge is 0.309 e. The molecule has 0 saturated carbocycles. The molecule has 8 aromatic carbocycles. The first-order chi connectivity index (χ1) is 25.8. The van der Waals surface area contributed by atoms with Crippen molar-refractivity contribution in [3.63, 3.8) is 0 Å². The molecule has 0 atom stereocenters. The third-order valence-corrected chi connectivity index (χ3v) is 10.5. The smallest absolute Gasteiger partial charge is 0.161 e. The Morgan fingerprint density at radius 1 is 0.346 bits per heavy atom. The van der Waals surface area contributed by atoms with E-state index in [-0.39, 0.29) is 0 Å². The minimum atomic E-state index is 0.719. The normalized spacial score (nSPS) is 11.8. The van der Waals surface area contributed by atoms with Crippen LogP contribution in [0.4, 0.5) is 0 Å². The average Bonchev–Trinajstić information content (AvgIpc) is 3.71. The highest BCUT2D eigenvalue weighted by Gasteiger charge is 2.20. The van der Waals surface area contributed by atoms with E-state index in [0.29, 0.717) is 0 Å². The van der Waals surface area contributed by atoms with Gasteiger partial charge in [0.25, 0.3) is 0 Å². The number of nitrogens with zero attached hydrogens (tertiary/aromatic N) is 4. The molecular formula is C48H30N4. The Kier molecular flexibility index (Phi) is 6.22. The van der Waals surface area contributed by atoms with E-state index in [1.165, 1.54) is 43.6 Å². The second-order valence-electron chi connectivity index (χ2n) is 13.4. The Morgan fingerprint density at radius 2 is 0.923 bits per heavy atom. The quantitative estimate of drug-likeness (QED) is 0.188. The van der Waals surface area contributed by atoms with Gasteiger partial charge in [0.05, 0.1) is 39.0 Å². The van der Waals surface area contributed by atoms with Gasteiger partial charge in [-0.3, -0.25) is 0 Å². The molecule has 0 aliphatic heterocycles. The lowest BCUT2D eigenvalue weighted by molar-refractivity contribution is 1.17. The van der Waals surface area contributed by atoms with Crippen molar-refractivity contribution in [2.24, 2.45) is 0 Å². The first-order valence-corrected chi connectivity index (χ1v) is 17.7. The fourth-order valence-corrected chi connectivity index (χ4v) is 8.24. The lowest BCUT2D eigenvalue weighted by Gasteiger charge is -2.15. The zero-order valence-electron chi connectivity index (χ0n) is 28.1. The predicted octanol–water partition coefficient (Wildman–Crippen LogP) is 12.3. The van der Waals surface area contributed by atoms with Crippen LogP contribution in [0.1, 0.15) is 0 Å². The van der Waals surface area contributed by atoms with E-state index in [2.05, 4.69) is 179 Å². The van der Waals surface area contributed by atoms with Gasteiger partial charge in [-0.15, -0.1) is 0 Å². The molecule has 4 heteroatoms. The summed E-state index contributed by atoms with van der Waals surface area (Å²) in [5.41, 5.74) is 10.9. The zero-order chi connectivity index (χ0) is 34.2. The molecule has 4 nitrogen and oxygen atoms in total. The van der Waals surface area contributed by atoms with Crippen LogP contribution < -0.4 is 0 Å². The van der Waals surface area contributed by atoms with Crippen molar-refractivity contribution in [2.45, 2.75) is 0 Å².